The quantitative estimate of drug-likeness (QED) is 0.409. The molecular weight excluding hydrogens is 240 g/mol. The third-order valence-corrected chi connectivity index (χ3v) is 3.76. The van der Waals surface area contributed by atoms with Crippen LogP contribution in [0.5, 0.6) is 0 Å². The average molecular weight is 268 g/mol. The van der Waals surface area contributed by atoms with E-state index in [1.54, 1.807) is 6.26 Å². The minimum Gasteiger partial charge on any atom is -0.473 e. The molecule has 0 fully saturated rings. The van der Waals surface area contributed by atoms with E-state index in [4.69, 9.17) is 14.2 Å². The van der Waals surface area contributed by atoms with Gasteiger partial charge in [-0.25, -0.2) is 0 Å². The second kappa shape index (κ2) is 7.71. The maximum absolute atomic E-state index is 6.04. The molecule has 0 heterocycles. The van der Waals surface area contributed by atoms with Gasteiger partial charge in [0.05, 0.1) is 12.4 Å². The summed E-state index contributed by atoms with van der Waals surface area (Å²) in [5, 5.41) is 0. The van der Waals surface area contributed by atoms with Crippen molar-refractivity contribution in [2.45, 2.75) is 66.6 Å². The standard InChI is InChI=1S/C16H28O3/c1-7-10-17-14(5)18-15(6)19-16-12(3)9-8-11(2)13(16)4/h7,9-11,13-16H,8H2,1-6H3/t11?,13?,14?,15?,16-/m1/s1. The summed E-state index contributed by atoms with van der Waals surface area (Å²) in [5.74, 6) is 1.17. The van der Waals surface area contributed by atoms with Crippen LogP contribution in [0, 0.1) is 11.8 Å². The lowest BCUT2D eigenvalue weighted by Gasteiger charge is -2.35. The summed E-state index contributed by atoms with van der Waals surface area (Å²) in [5.41, 5.74) is 1.31. The molecule has 0 bridgehead atoms. The van der Waals surface area contributed by atoms with Crippen LogP contribution in [0.3, 0.4) is 0 Å². The van der Waals surface area contributed by atoms with E-state index in [0.29, 0.717) is 11.8 Å². The fourth-order valence-corrected chi connectivity index (χ4v) is 2.38. The second-order valence-corrected chi connectivity index (χ2v) is 5.45. The van der Waals surface area contributed by atoms with E-state index in [1.807, 2.05) is 26.8 Å². The zero-order chi connectivity index (χ0) is 14.4. The molecule has 3 heteroatoms. The first kappa shape index (κ1) is 16.3. The van der Waals surface area contributed by atoms with Crippen molar-refractivity contribution in [3.05, 3.63) is 24.0 Å². The smallest absolute Gasteiger partial charge is 0.198 e. The normalized spacial score (nSPS) is 31.1. The van der Waals surface area contributed by atoms with Gasteiger partial charge in [0.2, 0.25) is 0 Å². The Kier molecular flexibility index (Phi) is 6.59. The highest BCUT2D eigenvalue weighted by molar-refractivity contribution is 5.11. The van der Waals surface area contributed by atoms with Crippen LogP contribution in [0.1, 0.15) is 48.0 Å². The highest BCUT2D eigenvalue weighted by Crippen LogP contribution is 2.32. The topological polar surface area (TPSA) is 27.7 Å². The lowest BCUT2D eigenvalue weighted by molar-refractivity contribution is -0.233. The predicted molar refractivity (Wildman–Crippen MR) is 77.5 cm³/mol. The van der Waals surface area contributed by atoms with Gasteiger partial charge < -0.3 is 14.2 Å². The lowest BCUT2D eigenvalue weighted by atomic mass is 9.80. The molecule has 0 aliphatic heterocycles. The minimum absolute atomic E-state index is 0.146. The Morgan fingerprint density at radius 3 is 2.58 bits per heavy atom. The third kappa shape index (κ3) is 5.00. The van der Waals surface area contributed by atoms with Gasteiger partial charge in [0.15, 0.2) is 12.6 Å². The first-order valence-electron chi connectivity index (χ1n) is 7.19. The molecule has 0 aromatic heterocycles. The SMILES string of the molecule is CC=COC(C)OC(C)O[C@@H]1C(C)=CCC(C)C1C. The summed E-state index contributed by atoms with van der Waals surface area (Å²) in [6.07, 6.45) is 6.46. The van der Waals surface area contributed by atoms with Gasteiger partial charge in [-0.05, 0) is 51.5 Å². The first-order chi connectivity index (χ1) is 8.95. The molecule has 5 atom stereocenters. The van der Waals surface area contributed by atoms with Gasteiger partial charge in [-0.1, -0.05) is 26.0 Å². The molecule has 0 aromatic carbocycles. The summed E-state index contributed by atoms with van der Waals surface area (Å²) in [6.45, 7) is 12.4. The van der Waals surface area contributed by atoms with Crippen LogP contribution in [-0.2, 0) is 14.2 Å². The average Bonchev–Trinajstić information content (AvgIpc) is 2.36. The van der Waals surface area contributed by atoms with Gasteiger partial charge in [0.25, 0.3) is 0 Å². The molecule has 0 N–H and O–H groups in total. The van der Waals surface area contributed by atoms with Crippen LogP contribution in [0.2, 0.25) is 0 Å². The second-order valence-electron chi connectivity index (χ2n) is 5.45. The largest absolute Gasteiger partial charge is 0.473 e. The number of hydrogen-bond donors (Lipinski definition) is 0. The van der Waals surface area contributed by atoms with Crippen LogP contribution >= 0.6 is 0 Å². The third-order valence-electron chi connectivity index (χ3n) is 3.76. The molecule has 3 nitrogen and oxygen atoms in total. The monoisotopic (exact) mass is 268 g/mol. The van der Waals surface area contributed by atoms with E-state index in [2.05, 4.69) is 26.8 Å². The van der Waals surface area contributed by atoms with E-state index in [-0.39, 0.29) is 18.7 Å². The van der Waals surface area contributed by atoms with Crippen molar-refractivity contribution in [3.63, 3.8) is 0 Å². The molecule has 4 unspecified atom stereocenters. The Labute approximate surface area is 117 Å². The van der Waals surface area contributed by atoms with Crippen LogP contribution in [0.4, 0.5) is 0 Å². The van der Waals surface area contributed by atoms with E-state index in [1.165, 1.54) is 5.57 Å². The molecule has 19 heavy (non-hydrogen) atoms. The van der Waals surface area contributed by atoms with Crippen LogP contribution in [0.15, 0.2) is 24.0 Å². The fraction of sp³-hybridized carbons (Fsp3) is 0.750. The molecule has 0 radical (unpaired) electrons. The highest BCUT2D eigenvalue weighted by Gasteiger charge is 2.29. The Bertz CT molecular complexity index is 322. The van der Waals surface area contributed by atoms with Crippen LogP contribution in [-0.4, -0.2) is 18.7 Å². The lowest BCUT2D eigenvalue weighted by Crippen LogP contribution is -2.35. The molecule has 0 spiro atoms. The van der Waals surface area contributed by atoms with E-state index < -0.39 is 0 Å². The van der Waals surface area contributed by atoms with Crippen molar-refractivity contribution in [1.29, 1.82) is 0 Å². The van der Waals surface area contributed by atoms with Crippen molar-refractivity contribution < 1.29 is 14.2 Å². The van der Waals surface area contributed by atoms with Crippen LogP contribution in [0.25, 0.3) is 0 Å². The van der Waals surface area contributed by atoms with Gasteiger partial charge >= 0.3 is 0 Å². The summed E-state index contributed by atoms with van der Waals surface area (Å²) in [4.78, 5) is 0. The van der Waals surface area contributed by atoms with Gasteiger partial charge in [-0.2, -0.15) is 0 Å². The molecule has 1 rings (SSSR count). The van der Waals surface area contributed by atoms with Crippen molar-refractivity contribution in [1.82, 2.24) is 0 Å². The maximum atomic E-state index is 6.04. The number of hydrogen-bond acceptors (Lipinski definition) is 3. The highest BCUT2D eigenvalue weighted by atomic mass is 16.8. The molecule has 0 amide bonds. The molecule has 1 aliphatic rings. The Morgan fingerprint density at radius 1 is 1.26 bits per heavy atom. The molecule has 0 saturated heterocycles. The van der Waals surface area contributed by atoms with E-state index in [0.717, 1.165) is 6.42 Å². The fourth-order valence-electron chi connectivity index (χ4n) is 2.38. The number of rotatable bonds is 6. The summed E-state index contributed by atoms with van der Waals surface area (Å²) in [6, 6.07) is 0. The summed E-state index contributed by atoms with van der Waals surface area (Å²) in [7, 11) is 0. The Morgan fingerprint density at radius 2 is 1.95 bits per heavy atom. The van der Waals surface area contributed by atoms with Gasteiger partial charge in [-0.15, -0.1) is 0 Å². The molecule has 0 aromatic rings. The van der Waals surface area contributed by atoms with Crippen molar-refractivity contribution in [2.24, 2.45) is 11.8 Å². The molecule has 110 valence electrons. The van der Waals surface area contributed by atoms with Crippen molar-refractivity contribution >= 4 is 0 Å². The van der Waals surface area contributed by atoms with Crippen LogP contribution < -0.4 is 0 Å². The van der Waals surface area contributed by atoms with Gasteiger partial charge in [0.1, 0.15) is 0 Å². The van der Waals surface area contributed by atoms with E-state index in [9.17, 15) is 0 Å². The minimum atomic E-state index is -0.299. The van der Waals surface area contributed by atoms with Gasteiger partial charge in [0, 0.05) is 0 Å². The zero-order valence-corrected chi connectivity index (χ0v) is 13.1. The zero-order valence-electron chi connectivity index (χ0n) is 13.1. The molecular formula is C16H28O3. The molecule has 1 aliphatic carbocycles. The van der Waals surface area contributed by atoms with Gasteiger partial charge in [-0.3, -0.25) is 0 Å². The number of ether oxygens (including phenoxy) is 3. The Hall–Kier alpha value is -0.800. The predicted octanol–water partition coefficient (Wildman–Crippen LogP) is 4.25. The van der Waals surface area contributed by atoms with Crippen molar-refractivity contribution in [2.75, 3.05) is 0 Å². The van der Waals surface area contributed by atoms with E-state index >= 15 is 0 Å². The number of allylic oxidation sites excluding steroid dienone is 2. The summed E-state index contributed by atoms with van der Waals surface area (Å²) < 4.78 is 17.0. The Balaban J connectivity index is 2.48. The summed E-state index contributed by atoms with van der Waals surface area (Å²) >= 11 is 0. The maximum Gasteiger partial charge on any atom is 0.198 e. The van der Waals surface area contributed by atoms with Crippen molar-refractivity contribution in [3.8, 4) is 0 Å². The molecule has 0 saturated carbocycles. The first-order valence-corrected chi connectivity index (χ1v) is 7.19.